The molecule has 104 valence electrons. The van der Waals surface area contributed by atoms with Crippen molar-refractivity contribution in [1.82, 2.24) is 0 Å². The van der Waals surface area contributed by atoms with Gasteiger partial charge in [-0.25, -0.2) is 8.98 Å². The van der Waals surface area contributed by atoms with Crippen LogP contribution in [0.25, 0.3) is 0 Å². The molecule has 1 unspecified atom stereocenters. The standard InChI is InChI=1S/C9H11F3O5S/c1-2-16-7(13)8(5-3-4-6-8)17-18(14,15)9(10,11)12/h3,5H,2,4,6H2,1H3. The first-order chi connectivity index (χ1) is 8.15. The number of ether oxygens (including phenoxy) is 1. The average molecular weight is 288 g/mol. The van der Waals surface area contributed by atoms with Crippen molar-refractivity contribution in [2.45, 2.75) is 30.9 Å². The molecule has 1 aliphatic rings. The van der Waals surface area contributed by atoms with Crippen molar-refractivity contribution in [1.29, 1.82) is 0 Å². The van der Waals surface area contributed by atoms with Gasteiger partial charge in [-0.1, -0.05) is 6.08 Å². The monoisotopic (exact) mass is 288 g/mol. The fraction of sp³-hybridized carbons (Fsp3) is 0.667. The third-order valence-corrected chi connectivity index (χ3v) is 3.32. The van der Waals surface area contributed by atoms with E-state index in [0.29, 0.717) is 0 Å². The fourth-order valence-electron chi connectivity index (χ4n) is 1.42. The second kappa shape index (κ2) is 4.88. The lowest BCUT2D eigenvalue weighted by Gasteiger charge is -2.24. The number of alkyl halides is 3. The summed E-state index contributed by atoms with van der Waals surface area (Å²) >= 11 is 0. The molecule has 0 spiro atoms. The number of rotatable bonds is 4. The number of carbonyl (C=O) groups excluding carboxylic acids is 1. The Morgan fingerprint density at radius 3 is 2.44 bits per heavy atom. The molecule has 5 nitrogen and oxygen atoms in total. The number of halogens is 3. The minimum Gasteiger partial charge on any atom is -0.464 e. The smallest absolute Gasteiger partial charge is 0.464 e. The topological polar surface area (TPSA) is 69.7 Å². The van der Waals surface area contributed by atoms with Crippen LogP contribution in [0.3, 0.4) is 0 Å². The van der Waals surface area contributed by atoms with Gasteiger partial charge in [0, 0.05) is 0 Å². The maximum absolute atomic E-state index is 12.2. The van der Waals surface area contributed by atoms with E-state index < -0.39 is 27.2 Å². The Balaban J connectivity index is 3.03. The summed E-state index contributed by atoms with van der Waals surface area (Å²) in [5.41, 5.74) is -7.78. The highest BCUT2D eigenvalue weighted by Gasteiger charge is 2.55. The predicted molar refractivity (Wildman–Crippen MR) is 53.8 cm³/mol. The second-order valence-electron chi connectivity index (χ2n) is 3.53. The number of allylic oxidation sites excluding steroid dienone is 1. The van der Waals surface area contributed by atoms with Gasteiger partial charge in [0.2, 0.25) is 5.60 Å². The predicted octanol–water partition coefficient (Wildman–Crippen LogP) is 1.50. The maximum atomic E-state index is 12.2. The Morgan fingerprint density at radius 2 is 2.06 bits per heavy atom. The third-order valence-electron chi connectivity index (χ3n) is 2.23. The molecule has 0 fully saturated rings. The lowest BCUT2D eigenvalue weighted by atomic mass is 10.1. The van der Waals surface area contributed by atoms with E-state index >= 15 is 0 Å². The third kappa shape index (κ3) is 2.83. The molecule has 0 aliphatic heterocycles. The van der Waals surface area contributed by atoms with Gasteiger partial charge in [0.25, 0.3) is 0 Å². The van der Waals surface area contributed by atoms with Crippen molar-refractivity contribution in [2.75, 3.05) is 6.61 Å². The molecule has 0 aromatic rings. The van der Waals surface area contributed by atoms with Crippen LogP contribution in [0.15, 0.2) is 12.2 Å². The minimum absolute atomic E-state index is 0.0934. The van der Waals surface area contributed by atoms with Crippen LogP contribution < -0.4 is 0 Å². The Bertz CT molecular complexity index is 453. The summed E-state index contributed by atoms with van der Waals surface area (Å²) in [4.78, 5) is 11.5. The van der Waals surface area contributed by atoms with Crippen LogP contribution in [0.2, 0.25) is 0 Å². The molecule has 18 heavy (non-hydrogen) atoms. The van der Waals surface area contributed by atoms with Crippen LogP contribution >= 0.6 is 0 Å². The van der Waals surface area contributed by atoms with E-state index in [1.54, 1.807) is 0 Å². The van der Waals surface area contributed by atoms with Crippen molar-refractivity contribution >= 4 is 16.1 Å². The lowest BCUT2D eigenvalue weighted by molar-refractivity contribution is -0.158. The van der Waals surface area contributed by atoms with Gasteiger partial charge in [-0.3, -0.25) is 0 Å². The van der Waals surface area contributed by atoms with Crippen LogP contribution in [-0.2, 0) is 23.8 Å². The molecule has 1 aliphatic carbocycles. The van der Waals surface area contributed by atoms with Crippen molar-refractivity contribution in [3.05, 3.63) is 12.2 Å². The molecule has 0 saturated carbocycles. The van der Waals surface area contributed by atoms with Gasteiger partial charge in [0.15, 0.2) is 0 Å². The summed E-state index contributed by atoms with van der Waals surface area (Å²) in [5, 5.41) is 0. The lowest BCUT2D eigenvalue weighted by Crippen LogP contribution is -2.44. The first-order valence-electron chi connectivity index (χ1n) is 5.01. The molecule has 1 rings (SSSR count). The van der Waals surface area contributed by atoms with Crippen LogP contribution in [-0.4, -0.2) is 32.1 Å². The second-order valence-corrected chi connectivity index (χ2v) is 5.07. The van der Waals surface area contributed by atoms with Gasteiger partial charge in [-0.05, 0) is 25.8 Å². The van der Waals surface area contributed by atoms with Crippen molar-refractivity contribution in [2.24, 2.45) is 0 Å². The molecule has 9 heteroatoms. The van der Waals surface area contributed by atoms with Gasteiger partial charge >= 0.3 is 21.6 Å². The summed E-state index contributed by atoms with van der Waals surface area (Å²) in [5.74, 6) is -1.15. The number of hydrogen-bond donors (Lipinski definition) is 0. The summed E-state index contributed by atoms with van der Waals surface area (Å²) in [6.07, 6.45) is 2.37. The highest BCUT2D eigenvalue weighted by atomic mass is 32.2. The molecule has 0 heterocycles. The summed E-state index contributed by atoms with van der Waals surface area (Å²) in [6, 6.07) is 0. The van der Waals surface area contributed by atoms with Crippen LogP contribution in [0.5, 0.6) is 0 Å². The Kier molecular flexibility index (Phi) is 4.06. The van der Waals surface area contributed by atoms with Crippen LogP contribution in [0.4, 0.5) is 13.2 Å². The SMILES string of the molecule is CCOC(=O)C1(OS(=O)(=O)C(F)(F)F)C=CCC1. The molecule has 0 aromatic carbocycles. The summed E-state index contributed by atoms with van der Waals surface area (Å²) in [6.45, 7) is 1.35. The highest BCUT2D eigenvalue weighted by molar-refractivity contribution is 7.87. The Hall–Kier alpha value is -1.09. The zero-order valence-corrected chi connectivity index (χ0v) is 10.2. The van der Waals surface area contributed by atoms with E-state index in [0.717, 1.165) is 6.08 Å². The molecule has 1 atom stereocenters. The molecular formula is C9H11F3O5S. The molecule has 0 saturated heterocycles. The van der Waals surface area contributed by atoms with Crippen molar-refractivity contribution in [3.63, 3.8) is 0 Å². The van der Waals surface area contributed by atoms with Crippen molar-refractivity contribution < 1.29 is 35.3 Å². The zero-order valence-electron chi connectivity index (χ0n) is 9.36. The van der Waals surface area contributed by atoms with Gasteiger partial charge in [0.1, 0.15) is 0 Å². The first-order valence-corrected chi connectivity index (χ1v) is 6.42. The van der Waals surface area contributed by atoms with E-state index in [-0.39, 0.29) is 19.4 Å². The molecule has 0 radical (unpaired) electrons. The number of esters is 1. The van der Waals surface area contributed by atoms with Gasteiger partial charge in [0.05, 0.1) is 6.61 Å². The van der Waals surface area contributed by atoms with Gasteiger partial charge in [-0.15, -0.1) is 0 Å². The first kappa shape index (κ1) is 15.0. The van der Waals surface area contributed by atoms with Crippen LogP contribution in [0.1, 0.15) is 19.8 Å². The zero-order chi connectivity index (χ0) is 14.0. The molecule has 0 N–H and O–H groups in total. The van der Waals surface area contributed by atoms with E-state index in [1.807, 2.05) is 0 Å². The molecule has 0 aromatic heterocycles. The minimum atomic E-state index is -5.86. The quantitative estimate of drug-likeness (QED) is 0.339. The fourth-order valence-corrected chi connectivity index (χ4v) is 2.12. The molecular weight excluding hydrogens is 277 g/mol. The van der Waals surface area contributed by atoms with Crippen LogP contribution in [0, 0.1) is 0 Å². The van der Waals surface area contributed by atoms with E-state index in [4.69, 9.17) is 0 Å². The average Bonchev–Trinajstić information content (AvgIpc) is 2.65. The molecule has 0 bridgehead atoms. The maximum Gasteiger partial charge on any atom is 0.523 e. The highest BCUT2D eigenvalue weighted by Crippen LogP contribution is 2.35. The summed E-state index contributed by atoms with van der Waals surface area (Å²) in [7, 11) is -5.86. The summed E-state index contributed by atoms with van der Waals surface area (Å²) < 4.78 is 67.1. The molecule has 0 amide bonds. The van der Waals surface area contributed by atoms with Gasteiger partial charge < -0.3 is 4.74 Å². The largest absolute Gasteiger partial charge is 0.523 e. The number of hydrogen-bond acceptors (Lipinski definition) is 5. The van der Waals surface area contributed by atoms with E-state index in [9.17, 15) is 26.4 Å². The Labute approximate surface area is 102 Å². The van der Waals surface area contributed by atoms with E-state index in [1.165, 1.54) is 13.0 Å². The normalized spacial score (nSPS) is 24.2. The Morgan fingerprint density at radius 1 is 1.44 bits per heavy atom. The van der Waals surface area contributed by atoms with Gasteiger partial charge in [-0.2, -0.15) is 21.6 Å². The number of carbonyl (C=O) groups is 1. The van der Waals surface area contributed by atoms with E-state index in [2.05, 4.69) is 8.92 Å². The van der Waals surface area contributed by atoms with Crippen molar-refractivity contribution in [3.8, 4) is 0 Å².